The summed E-state index contributed by atoms with van der Waals surface area (Å²) in [5.41, 5.74) is 0.441. The molecule has 0 aliphatic carbocycles. The van der Waals surface area contributed by atoms with E-state index in [4.69, 9.17) is 9.47 Å². The highest BCUT2D eigenvalue weighted by Crippen LogP contribution is 2.24. The number of benzene rings is 1. The van der Waals surface area contributed by atoms with E-state index in [1.165, 1.54) is 0 Å². The molecule has 1 amide bonds. The number of hydrogen-bond acceptors (Lipinski definition) is 4. The van der Waals surface area contributed by atoms with Gasteiger partial charge in [-0.15, -0.1) is 0 Å². The Labute approximate surface area is 133 Å². The second-order valence-corrected chi connectivity index (χ2v) is 6.27. The molecule has 0 heterocycles. The van der Waals surface area contributed by atoms with Crippen LogP contribution in [0.2, 0.25) is 0 Å². The van der Waals surface area contributed by atoms with Crippen molar-refractivity contribution >= 4 is 11.8 Å². The van der Waals surface area contributed by atoms with Gasteiger partial charge in [0.25, 0.3) is 0 Å². The molecule has 1 aromatic carbocycles. The maximum absolute atomic E-state index is 11.6. The first-order valence-electron chi connectivity index (χ1n) is 7.77. The van der Waals surface area contributed by atoms with Gasteiger partial charge in [0.2, 0.25) is 0 Å². The Kier molecular flexibility index (Phi) is 7.02. The summed E-state index contributed by atoms with van der Waals surface area (Å²) in [6.45, 7) is 10.7. The van der Waals surface area contributed by atoms with E-state index in [0.717, 1.165) is 17.9 Å². The highest BCUT2D eigenvalue weighted by atomic mass is 16.6. The number of carbonyl (C=O) groups excluding carboxylic acids is 1. The SMILES string of the molecule is CCCOc1ccccc1NC(C)CNC(=O)OC(C)(C)C. The topological polar surface area (TPSA) is 59.6 Å². The number of carbonyl (C=O) groups is 1. The van der Waals surface area contributed by atoms with Crippen LogP contribution in [0, 0.1) is 0 Å². The van der Waals surface area contributed by atoms with Crippen molar-refractivity contribution in [2.75, 3.05) is 18.5 Å². The number of hydrogen-bond donors (Lipinski definition) is 2. The summed E-state index contributed by atoms with van der Waals surface area (Å²) in [7, 11) is 0. The molecule has 5 nitrogen and oxygen atoms in total. The van der Waals surface area contributed by atoms with Crippen molar-refractivity contribution in [3.63, 3.8) is 0 Å². The molecule has 0 radical (unpaired) electrons. The molecule has 0 saturated heterocycles. The van der Waals surface area contributed by atoms with Gasteiger partial charge in [-0.1, -0.05) is 19.1 Å². The molecule has 0 aliphatic rings. The molecule has 0 aromatic heterocycles. The van der Waals surface area contributed by atoms with Gasteiger partial charge < -0.3 is 20.1 Å². The fourth-order valence-corrected chi connectivity index (χ4v) is 1.79. The minimum absolute atomic E-state index is 0.0545. The van der Waals surface area contributed by atoms with Crippen LogP contribution in [0.1, 0.15) is 41.0 Å². The predicted octanol–water partition coefficient (Wildman–Crippen LogP) is 3.80. The van der Waals surface area contributed by atoms with Gasteiger partial charge in [-0.2, -0.15) is 0 Å². The number of rotatable bonds is 7. The second kappa shape index (κ2) is 8.51. The summed E-state index contributed by atoms with van der Waals surface area (Å²) < 4.78 is 10.9. The molecular formula is C17H28N2O3. The molecule has 124 valence electrons. The van der Waals surface area contributed by atoms with E-state index in [0.29, 0.717) is 13.2 Å². The number of amides is 1. The summed E-state index contributed by atoms with van der Waals surface area (Å²) in [5.74, 6) is 0.827. The summed E-state index contributed by atoms with van der Waals surface area (Å²) in [6.07, 6.45) is 0.557. The molecule has 0 spiro atoms. The van der Waals surface area contributed by atoms with Crippen molar-refractivity contribution < 1.29 is 14.3 Å². The highest BCUT2D eigenvalue weighted by Gasteiger charge is 2.16. The van der Waals surface area contributed by atoms with E-state index < -0.39 is 11.7 Å². The monoisotopic (exact) mass is 308 g/mol. The molecule has 1 unspecified atom stereocenters. The number of ether oxygens (including phenoxy) is 2. The Balaban J connectivity index is 2.48. The predicted molar refractivity (Wildman–Crippen MR) is 89.5 cm³/mol. The van der Waals surface area contributed by atoms with Crippen molar-refractivity contribution in [1.82, 2.24) is 5.32 Å². The van der Waals surface area contributed by atoms with E-state index in [9.17, 15) is 4.79 Å². The molecule has 2 N–H and O–H groups in total. The molecular weight excluding hydrogens is 280 g/mol. The Hall–Kier alpha value is -1.91. The van der Waals surface area contributed by atoms with Gasteiger partial charge in [-0.3, -0.25) is 0 Å². The lowest BCUT2D eigenvalue weighted by Gasteiger charge is -2.22. The Morgan fingerprint density at radius 1 is 1.27 bits per heavy atom. The van der Waals surface area contributed by atoms with E-state index in [-0.39, 0.29) is 6.04 Å². The molecule has 0 saturated carbocycles. The largest absolute Gasteiger partial charge is 0.491 e. The molecule has 0 bridgehead atoms. The van der Waals surface area contributed by atoms with Crippen molar-refractivity contribution in [1.29, 1.82) is 0 Å². The summed E-state index contributed by atoms with van der Waals surface area (Å²) in [4.78, 5) is 11.6. The number of nitrogens with one attached hydrogen (secondary N) is 2. The smallest absolute Gasteiger partial charge is 0.407 e. The first-order chi connectivity index (χ1) is 10.3. The average molecular weight is 308 g/mol. The second-order valence-electron chi connectivity index (χ2n) is 6.27. The molecule has 0 fully saturated rings. The lowest BCUT2D eigenvalue weighted by molar-refractivity contribution is 0.0526. The number of para-hydroxylation sites is 2. The third kappa shape index (κ3) is 7.20. The van der Waals surface area contributed by atoms with Crippen LogP contribution in [-0.4, -0.2) is 30.9 Å². The van der Waals surface area contributed by atoms with E-state index in [1.54, 1.807) is 0 Å². The van der Waals surface area contributed by atoms with Gasteiger partial charge in [0.05, 0.1) is 12.3 Å². The van der Waals surface area contributed by atoms with Gasteiger partial charge >= 0.3 is 6.09 Å². The maximum atomic E-state index is 11.6. The summed E-state index contributed by atoms with van der Waals surface area (Å²) in [5, 5.41) is 6.10. The lowest BCUT2D eigenvalue weighted by Crippen LogP contribution is -2.38. The minimum atomic E-state index is -0.485. The number of alkyl carbamates (subject to hydrolysis) is 1. The fraction of sp³-hybridized carbons (Fsp3) is 0.588. The summed E-state index contributed by atoms with van der Waals surface area (Å²) >= 11 is 0. The molecule has 5 heteroatoms. The van der Waals surface area contributed by atoms with E-state index >= 15 is 0 Å². The van der Waals surface area contributed by atoms with E-state index in [1.807, 2.05) is 52.0 Å². The van der Waals surface area contributed by atoms with Gasteiger partial charge in [-0.05, 0) is 46.2 Å². The standard InChI is InChI=1S/C17H28N2O3/c1-6-11-21-15-10-8-7-9-14(15)19-13(2)12-18-16(20)22-17(3,4)5/h7-10,13,19H,6,11-12H2,1-5H3,(H,18,20). The summed E-state index contributed by atoms with van der Waals surface area (Å²) in [6, 6.07) is 7.86. The van der Waals surface area contributed by atoms with Gasteiger partial charge in [0, 0.05) is 12.6 Å². The Morgan fingerprint density at radius 3 is 2.59 bits per heavy atom. The van der Waals surface area contributed by atoms with Crippen molar-refractivity contribution in [2.24, 2.45) is 0 Å². The molecule has 1 aromatic rings. The number of anilines is 1. The fourth-order valence-electron chi connectivity index (χ4n) is 1.79. The van der Waals surface area contributed by atoms with Gasteiger partial charge in [-0.25, -0.2) is 4.79 Å². The van der Waals surface area contributed by atoms with Crippen LogP contribution >= 0.6 is 0 Å². The molecule has 22 heavy (non-hydrogen) atoms. The minimum Gasteiger partial charge on any atom is -0.491 e. The highest BCUT2D eigenvalue weighted by molar-refractivity contribution is 5.67. The van der Waals surface area contributed by atoms with Crippen molar-refractivity contribution in [3.8, 4) is 5.75 Å². The average Bonchev–Trinajstić information content (AvgIpc) is 2.42. The zero-order valence-corrected chi connectivity index (χ0v) is 14.2. The van der Waals surface area contributed by atoms with Crippen LogP contribution in [-0.2, 0) is 4.74 Å². The van der Waals surface area contributed by atoms with Crippen molar-refractivity contribution in [2.45, 2.75) is 52.7 Å². The quantitative estimate of drug-likeness (QED) is 0.804. The van der Waals surface area contributed by atoms with Crippen LogP contribution in [0.3, 0.4) is 0 Å². The first-order valence-corrected chi connectivity index (χ1v) is 7.77. The Bertz CT molecular complexity index is 469. The molecule has 1 atom stereocenters. The van der Waals surface area contributed by atoms with Crippen LogP contribution in [0.25, 0.3) is 0 Å². The van der Waals surface area contributed by atoms with Gasteiger partial charge in [0.1, 0.15) is 11.4 Å². The molecule has 0 aliphatic heterocycles. The lowest BCUT2D eigenvalue weighted by atomic mass is 10.2. The van der Waals surface area contributed by atoms with Crippen LogP contribution in [0.15, 0.2) is 24.3 Å². The Morgan fingerprint density at radius 2 is 1.95 bits per heavy atom. The third-order valence-corrected chi connectivity index (χ3v) is 2.70. The van der Waals surface area contributed by atoms with Gasteiger partial charge in [0.15, 0.2) is 0 Å². The first kappa shape index (κ1) is 18.1. The van der Waals surface area contributed by atoms with Crippen LogP contribution < -0.4 is 15.4 Å². The molecule has 1 rings (SSSR count). The zero-order chi connectivity index (χ0) is 16.6. The van der Waals surface area contributed by atoms with Crippen molar-refractivity contribution in [3.05, 3.63) is 24.3 Å². The third-order valence-electron chi connectivity index (χ3n) is 2.70. The maximum Gasteiger partial charge on any atom is 0.407 e. The normalized spacial score (nSPS) is 12.4. The van der Waals surface area contributed by atoms with Crippen LogP contribution in [0.4, 0.5) is 10.5 Å². The van der Waals surface area contributed by atoms with E-state index in [2.05, 4.69) is 17.6 Å². The van der Waals surface area contributed by atoms with Crippen LogP contribution in [0.5, 0.6) is 5.75 Å². The zero-order valence-electron chi connectivity index (χ0n) is 14.2.